The summed E-state index contributed by atoms with van der Waals surface area (Å²) >= 11 is 3.24. The summed E-state index contributed by atoms with van der Waals surface area (Å²) < 4.78 is 1.02. The number of aromatic nitrogens is 5. The molecule has 1 aliphatic carbocycles. The SMILES string of the molecule is CSc1cnc(N[C@H]2CC[C@H](Nc3nc4ccc(C(=O)N5Cc6cn[nH]c6C5)cc4s3)C2)nc1. The second-order valence-electron chi connectivity index (χ2n) is 8.68. The van der Waals surface area contributed by atoms with E-state index in [1.54, 1.807) is 29.3 Å². The lowest BCUT2D eigenvalue weighted by molar-refractivity contribution is 0.0749. The Bertz CT molecular complexity index is 1310. The van der Waals surface area contributed by atoms with Crippen molar-refractivity contribution in [3.8, 4) is 0 Å². The van der Waals surface area contributed by atoms with Crippen molar-refractivity contribution in [1.29, 1.82) is 0 Å². The molecule has 2 atom stereocenters. The third-order valence-electron chi connectivity index (χ3n) is 6.40. The molecule has 1 aliphatic heterocycles. The summed E-state index contributed by atoms with van der Waals surface area (Å²) in [4.78, 5) is 29.5. The Morgan fingerprint density at radius 1 is 1.15 bits per heavy atom. The standard InChI is InChI=1S/C23H24N8OS2/c1-33-17-9-24-22(25-10-17)27-15-3-4-16(7-15)28-23-29-18-5-2-13(6-20(18)34-23)21(32)31-11-14-8-26-30-19(14)12-31/h2,5-6,8-10,15-16H,3-4,7,11-12H2,1H3,(H,26,30)(H,28,29)(H,24,25,27)/t15-,16-/m0/s1. The van der Waals surface area contributed by atoms with E-state index in [-0.39, 0.29) is 5.91 Å². The minimum absolute atomic E-state index is 0.0342. The number of H-pyrrole nitrogens is 1. The molecule has 0 spiro atoms. The van der Waals surface area contributed by atoms with Crippen LogP contribution in [0.1, 0.15) is 40.9 Å². The van der Waals surface area contributed by atoms with Gasteiger partial charge in [-0.2, -0.15) is 5.10 Å². The van der Waals surface area contributed by atoms with Gasteiger partial charge in [0.1, 0.15) is 0 Å². The number of rotatable bonds is 6. The second-order valence-corrected chi connectivity index (χ2v) is 10.6. The van der Waals surface area contributed by atoms with E-state index < -0.39 is 0 Å². The van der Waals surface area contributed by atoms with Crippen LogP contribution in [0.2, 0.25) is 0 Å². The lowest BCUT2D eigenvalue weighted by Gasteiger charge is -2.15. The lowest BCUT2D eigenvalue weighted by Crippen LogP contribution is -2.25. The number of carbonyl (C=O) groups is 1. The zero-order chi connectivity index (χ0) is 23.1. The molecule has 0 unspecified atom stereocenters. The van der Waals surface area contributed by atoms with Crippen LogP contribution in [0.15, 0.2) is 41.7 Å². The van der Waals surface area contributed by atoms with Gasteiger partial charge in [-0.05, 0) is 43.7 Å². The molecule has 1 amide bonds. The molecule has 3 N–H and O–H groups in total. The first-order valence-electron chi connectivity index (χ1n) is 11.2. The van der Waals surface area contributed by atoms with E-state index in [1.165, 1.54) is 0 Å². The number of hydrogen-bond donors (Lipinski definition) is 3. The molecule has 34 heavy (non-hydrogen) atoms. The predicted molar refractivity (Wildman–Crippen MR) is 134 cm³/mol. The summed E-state index contributed by atoms with van der Waals surface area (Å²) in [6.07, 6.45) is 10.6. The van der Waals surface area contributed by atoms with Gasteiger partial charge in [0, 0.05) is 47.0 Å². The molecule has 6 rings (SSSR count). The number of carbonyl (C=O) groups excluding carboxylic acids is 1. The van der Waals surface area contributed by atoms with E-state index in [4.69, 9.17) is 4.98 Å². The van der Waals surface area contributed by atoms with Crippen molar-refractivity contribution in [2.24, 2.45) is 0 Å². The zero-order valence-corrected chi connectivity index (χ0v) is 20.2. The monoisotopic (exact) mass is 492 g/mol. The second kappa shape index (κ2) is 8.88. The minimum Gasteiger partial charge on any atom is -0.359 e. The molecule has 0 radical (unpaired) electrons. The maximum Gasteiger partial charge on any atom is 0.254 e. The third kappa shape index (κ3) is 4.21. The summed E-state index contributed by atoms with van der Waals surface area (Å²) in [5.41, 5.74) is 3.71. The molecule has 174 valence electrons. The van der Waals surface area contributed by atoms with Gasteiger partial charge in [0.25, 0.3) is 5.91 Å². The van der Waals surface area contributed by atoms with Crippen molar-refractivity contribution in [1.82, 2.24) is 30.0 Å². The van der Waals surface area contributed by atoms with Gasteiger partial charge in [-0.3, -0.25) is 9.89 Å². The summed E-state index contributed by atoms with van der Waals surface area (Å²) in [6, 6.07) is 6.45. The maximum absolute atomic E-state index is 13.0. The van der Waals surface area contributed by atoms with Crippen LogP contribution >= 0.6 is 23.1 Å². The predicted octanol–water partition coefficient (Wildman–Crippen LogP) is 4.13. The Labute approximate surface area is 204 Å². The fourth-order valence-electron chi connectivity index (χ4n) is 4.61. The molecule has 1 aromatic carbocycles. The van der Waals surface area contributed by atoms with Crippen LogP contribution in [0.3, 0.4) is 0 Å². The number of nitrogens with zero attached hydrogens (tertiary/aromatic N) is 5. The third-order valence-corrected chi connectivity index (χ3v) is 8.03. The van der Waals surface area contributed by atoms with Gasteiger partial charge in [-0.25, -0.2) is 15.0 Å². The Hall–Kier alpha value is -3.18. The molecular weight excluding hydrogens is 468 g/mol. The summed E-state index contributed by atoms with van der Waals surface area (Å²) in [6.45, 7) is 1.17. The largest absolute Gasteiger partial charge is 0.359 e. The normalized spacial score (nSPS) is 19.5. The first kappa shape index (κ1) is 21.4. The molecule has 9 nitrogen and oxygen atoms in total. The van der Waals surface area contributed by atoms with E-state index in [1.807, 2.05) is 41.7 Å². The van der Waals surface area contributed by atoms with Crippen LogP contribution in [-0.4, -0.2) is 54.3 Å². The molecule has 1 fully saturated rings. The van der Waals surface area contributed by atoms with E-state index in [2.05, 4.69) is 30.8 Å². The van der Waals surface area contributed by atoms with Gasteiger partial charge >= 0.3 is 0 Å². The summed E-state index contributed by atoms with van der Waals surface area (Å²) in [5, 5.41) is 14.9. The Balaban J connectivity index is 1.08. The van der Waals surface area contributed by atoms with E-state index in [9.17, 15) is 4.79 Å². The average Bonchev–Trinajstić information content (AvgIpc) is 3.62. The first-order valence-corrected chi connectivity index (χ1v) is 13.3. The van der Waals surface area contributed by atoms with Crippen molar-refractivity contribution >= 4 is 50.3 Å². The van der Waals surface area contributed by atoms with E-state index in [0.717, 1.165) is 50.8 Å². The molecule has 2 aliphatic rings. The van der Waals surface area contributed by atoms with Crippen molar-refractivity contribution in [3.63, 3.8) is 0 Å². The Morgan fingerprint density at radius 3 is 2.76 bits per heavy atom. The van der Waals surface area contributed by atoms with Crippen LogP contribution in [0, 0.1) is 0 Å². The number of benzene rings is 1. The fraction of sp³-hybridized carbons (Fsp3) is 0.348. The number of hydrogen-bond acceptors (Lipinski definition) is 9. The molecular formula is C23H24N8OS2. The molecule has 0 bridgehead atoms. The highest BCUT2D eigenvalue weighted by molar-refractivity contribution is 7.98. The van der Waals surface area contributed by atoms with Gasteiger partial charge in [0.05, 0.1) is 28.7 Å². The van der Waals surface area contributed by atoms with Gasteiger partial charge in [0.2, 0.25) is 5.95 Å². The van der Waals surface area contributed by atoms with Gasteiger partial charge < -0.3 is 15.5 Å². The number of fused-ring (bicyclic) bond motifs is 2. The van der Waals surface area contributed by atoms with Crippen molar-refractivity contribution in [2.75, 3.05) is 16.9 Å². The highest BCUT2D eigenvalue weighted by atomic mass is 32.2. The number of thiazole rings is 1. The Kier molecular flexibility index (Phi) is 5.58. The van der Waals surface area contributed by atoms with Crippen molar-refractivity contribution in [2.45, 2.75) is 49.3 Å². The maximum atomic E-state index is 13.0. The van der Waals surface area contributed by atoms with Crippen LogP contribution in [0.4, 0.5) is 11.1 Å². The summed E-state index contributed by atoms with van der Waals surface area (Å²) in [7, 11) is 0. The molecule has 11 heteroatoms. The number of nitrogens with one attached hydrogen (secondary N) is 3. The number of thioether (sulfide) groups is 1. The smallest absolute Gasteiger partial charge is 0.254 e. The molecule has 4 aromatic rings. The zero-order valence-electron chi connectivity index (χ0n) is 18.6. The highest BCUT2D eigenvalue weighted by Crippen LogP contribution is 2.32. The molecule has 4 heterocycles. The van der Waals surface area contributed by atoms with Crippen LogP contribution < -0.4 is 10.6 Å². The number of amides is 1. The highest BCUT2D eigenvalue weighted by Gasteiger charge is 2.27. The van der Waals surface area contributed by atoms with Gasteiger partial charge in [-0.15, -0.1) is 11.8 Å². The fourth-order valence-corrected chi connectivity index (χ4v) is 5.90. The first-order chi connectivity index (χ1) is 16.6. The van der Waals surface area contributed by atoms with Crippen LogP contribution in [0.25, 0.3) is 10.2 Å². The average molecular weight is 493 g/mol. The van der Waals surface area contributed by atoms with Gasteiger partial charge in [-0.1, -0.05) is 11.3 Å². The number of anilines is 2. The van der Waals surface area contributed by atoms with E-state index >= 15 is 0 Å². The lowest BCUT2D eigenvalue weighted by atomic mass is 10.2. The van der Waals surface area contributed by atoms with Crippen LogP contribution in [-0.2, 0) is 13.1 Å². The topological polar surface area (TPSA) is 112 Å². The van der Waals surface area contributed by atoms with Crippen molar-refractivity contribution < 1.29 is 4.79 Å². The molecule has 3 aromatic heterocycles. The quantitative estimate of drug-likeness (QED) is 0.345. The molecule has 1 saturated carbocycles. The minimum atomic E-state index is 0.0342. The molecule has 0 saturated heterocycles. The van der Waals surface area contributed by atoms with Crippen LogP contribution in [0.5, 0.6) is 0 Å². The Morgan fingerprint density at radius 2 is 1.97 bits per heavy atom. The van der Waals surface area contributed by atoms with Crippen molar-refractivity contribution in [3.05, 3.63) is 53.6 Å². The summed E-state index contributed by atoms with van der Waals surface area (Å²) in [5.74, 6) is 0.717. The van der Waals surface area contributed by atoms with E-state index in [0.29, 0.717) is 36.7 Å². The number of aromatic amines is 1. The van der Waals surface area contributed by atoms with Gasteiger partial charge in [0.15, 0.2) is 5.13 Å².